The Morgan fingerprint density at radius 1 is 1.15 bits per heavy atom. The molecule has 0 aromatic heterocycles. The first-order valence-electron chi connectivity index (χ1n) is 7.95. The third-order valence-electron chi connectivity index (χ3n) is 3.82. The Labute approximate surface area is 163 Å². The van der Waals surface area contributed by atoms with Gasteiger partial charge in [-0.05, 0) is 37.3 Å². The molecule has 0 saturated carbocycles. The van der Waals surface area contributed by atoms with Crippen LogP contribution < -0.4 is 19.1 Å². The fourth-order valence-electron chi connectivity index (χ4n) is 2.57. The normalized spacial score (nSPS) is 12.2. The molecule has 9 heteroatoms. The molecule has 0 spiro atoms. The molecular formula is C18H21ClN2O5S. The lowest BCUT2D eigenvalue weighted by molar-refractivity contribution is -0.116. The number of hydrogen-bond acceptors (Lipinski definition) is 5. The van der Waals surface area contributed by atoms with Crippen LogP contribution in [0.15, 0.2) is 42.5 Å². The van der Waals surface area contributed by atoms with Crippen molar-refractivity contribution >= 4 is 38.9 Å². The van der Waals surface area contributed by atoms with Crippen LogP contribution in [0, 0.1) is 0 Å². The number of nitrogens with one attached hydrogen (secondary N) is 1. The monoisotopic (exact) mass is 412 g/mol. The summed E-state index contributed by atoms with van der Waals surface area (Å²) in [7, 11) is -0.806. The molecule has 0 aliphatic rings. The van der Waals surface area contributed by atoms with Crippen LogP contribution >= 0.6 is 11.6 Å². The van der Waals surface area contributed by atoms with E-state index >= 15 is 0 Å². The Morgan fingerprint density at radius 3 is 2.44 bits per heavy atom. The van der Waals surface area contributed by atoms with Gasteiger partial charge in [0.05, 0.1) is 31.9 Å². The lowest BCUT2D eigenvalue weighted by Gasteiger charge is -2.28. The lowest BCUT2D eigenvalue weighted by atomic mass is 10.2. The number of hydrogen-bond donors (Lipinski definition) is 1. The summed E-state index contributed by atoms with van der Waals surface area (Å²) >= 11 is 5.97. The molecule has 0 aliphatic carbocycles. The molecule has 1 amide bonds. The fraction of sp³-hybridized carbons (Fsp3) is 0.278. The van der Waals surface area contributed by atoms with Crippen molar-refractivity contribution < 1.29 is 22.7 Å². The van der Waals surface area contributed by atoms with Crippen molar-refractivity contribution in [3.63, 3.8) is 0 Å². The number of nitrogens with zero attached hydrogens (tertiary/aromatic N) is 1. The number of benzene rings is 2. The first-order valence-corrected chi connectivity index (χ1v) is 10.2. The minimum absolute atomic E-state index is 0.317. The van der Waals surface area contributed by atoms with Gasteiger partial charge in [-0.2, -0.15) is 0 Å². The van der Waals surface area contributed by atoms with Gasteiger partial charge in [0.1, 0.15) is 17.5 Å². The van der Waals surface area contributed by atoms with Crippen molar-refractivity contribution in [2.75, 3.05) is 30.1 Å². The standard InChI is InChI=1S/C18H21ClN2O5S/c1-12(18(22)20-16-10-13(19)8-9-17(16)26-3)21(27(4,23)24)14-6-5-7-15(11-14)25-2/h5-12H,1-4H3,(H,20,22)/t12-/m1/s1. The molecule has 27 heavy (non-hydrogen) atoms. The zero-order chi connectivity index (χ0) is 20.2. The highest BCUT2D eigenvalue weighted by molar-refractivity contribution is 7.92. The van der Waals surface area contributed by atoms with Crippen LogP contribution in [-0.4, -0.2) is 40.8 Å². The van der Waals surface area contributed by atoms with E-state index < -0.39 is 22.0 Å². The third-order valence-corrected chi connectivity index (χ3v) is 5.29. The number of sulfonamides is 1. The summed E-state index contributed by atoms with van der Waals surface area (Å²) in [6.45, 7) is 1.49. The molecule has 0 fully saturated rings. The fourth-order valence-corrected chi connectivity index (χ4v) is 3.91. The van der Waals surface area contributed by atoms with Crippen molar-refractivity contribution in [1.82, 2.24) is 0 Å². The molecule has 0 bridgehead atoms. The van der Waals surface area contributed by atoms with Gasteiger partial charge in [0.2, 0.25) is 15.9 Å². The van der Waals surface area contributed by atoms with Crippen LogP contribution in [0.1, 0.15) is 6.92 Å². The summed E-state index contributed by atoms with van der Waals surface area (Å²) < 4.78 is 36.1. The molecule has 1 atom stereocenters. The number of rotatable bonds is 7. The molecule has 2 rings (SSSR count). The maximum absolute atomic E-state index is 12.8. The second kappa shape index (κ2) is 8.49. The molecule has 7 nitrogen and oxygen atoms in total. The third kappa shape index (κ3) is 5.05. The molecule has 2 aromatic rings. The minimum atomic E-state index is -3.74. The summed E-state index contributed by atoms with van der Waals surface area (Å²) in [6, 6.07) is 10.2. The smallest absolute Gasteiger partial charge is 0.248 e. The summed E-state index contributed by atoms with van der Waals surface area (Å²) in [5.74, 6) is 0.348. The van der Waals surface area contributed by atoms with Crippen LogP contribution in [0.25, 0.3) is 0 Å². The highest BCUT2D eigenvalue weighted by Gasteiger charge is 2.30. The Bertz CT molecular complexity index is 933. The molecule has 0 radical (unpaired) electrons. The van der Waals surface area contributed by atoms with Gasteiger partial charge in [-0.3, -0.25) is 9.10 Å². The number of carbonyl (C=O) groups excluding carboxylic acids is 1. The summed E-state index contributed by atoms with van der Waals surface area (Å²) in [4.78, 5) is 12.8. The topological polar surface area (TPSA) is 84.9 Å². The van der Waals surface area contributed by atoms with E-state index in [0.717, 1.165) is 10.6 Å². The maximum Gasteiger partial charge on any atom is 0.248 e. The van der Waals surface area contributed by atoms with E-state index in [9.17, 15) is 13.2 Å². The maximum atomic E-state index is 12.8. The van der Waals surface area contributed by atoms with Gasteiger partial charge in [-0.1, -0.05) is 17.7 Å². The SMILES string of the molecule is COc1cccc(N([C@H](C)C(=O)Nc2cc(Cl)ccc2OC)S(C)(=O)=O)c1. The summed E-state index contributed by atoms with van der Waals surface area (Å²) in [5.41, 5.74) is 0.665. The van der Waals surface area contributed by atoms with Crippen LogP contribution in [0.2, 0.25) is 5.02 Å². The quantitative estimate of drug-likeness (QED) is 0.755. The second-order valence-electron chi connectivity index (χ2n) is 5.77. The highest BCUT2D eigenvalue weighted by Crippen LogP contribution is 2.29. The zero-order valence-corrected chi connectivity index (χ0v) is 17.0. The number of carbonyl (C=O) groups is 1. The van der Waals surface area contributed by atoms with Crippen molar-refractivity contribution in [1.29, 1.82) is 0 Å². The first kappa shape index (κ1) is 20.9. The van der Waals surface area contributed by atoms with E-state index in [0.29, 0.717) is 27.9 Å². The van der Waals surface area contributed by atoms with Crippen LogP contribution in [0.3, 0.4) is 0 Å². The molecule has 2 aromatic carbocycles. The number of methoxy groups -OCH3 is 2. The predicted molar refractivity (Wildman–Crippen MR) is 106 cm³/mol. The Balaban J connectivity index is 2.37. The lowest BCUT2D eigenvalue weighted by Crippen LogP contribution is -2.45. The van der Waals surface area contributed by atoms with E-state index in [1.807, 2.05) is 0 Å². The molecule has 0 heterocycles. The molecule has 0 unspecified atom stereocenters. The Morgan fingerprint density at radius 2 is 1.85 bits per heavy atom. The van der Waals surface area contributed by atoms with Crippen molar-refractivity contribution in [2.24, 2.45) is 0 Å². The van der Waals surface area contributed by atoms with E-state index in [1.165, 1.54) is 27.2 Å². The van der Waals surface area contributed by atoms with Crippen LogP contribution in [0.4, 0.5) is 11.4 Å². The van der Waals surface area contributed by atoms with Gasteiger partial charge in [0, 0.05) is 11.1 Å². The van der Waals surface area contributed by atoms with Gasteiger partial charge in [-0.15, -0.1) is 0 Å². The van der Waals surface area contributed by atoms with Gasteiger partial charge >= 0.3 is 0 Å². The van der Waals surface area contributed by atoms with E-state index in [-0.39, 0.29) is 0 Å². The molecular weight excluding hydrogens is 392 g/mol. The average molecular weight is 413 g/mol. The van der Waals surface area contributed by atoms with Gasteiger partial charge < -0.3 is 14.8 Å². The van der Waals surface area contributed by atoms with Gasteiger partial charge in [0.15, 0.2) is 0 Å². The number of anilines is 2. The van der Waals surface area contributed by atoms with Crippen molar-refractivity contribution in [2.45, 2.75) is 13.0 Å². The minimum Gasteiger partial charge on any atom is -0.497 e. The highest BCUT2D eigenvalue weighted by atomic mass is 35.5. The second-order valence-corrected chi connectivity index (χ2v) is 8.07. The van der Waals surface area contributed by atoms with E-state index in [2.05, 4.69) is 5.32 Å². The van der Waals surface area contributed by atoms with Gasteiger partial charge in [-0.25, -0.2) is 8.42 Å². The Kier molecular flexibility index (Phi) is 6.56. The molecule has 0 saturated heterocycles. The number of ether oxygens (including phenoxy) is 2. The molecule has 1 N–H and O–H groups in total. The Hall–Kier alpha value is -2.45. The van der Waals surface area contributed by atoms with E-state index in [4.69, 9.17) is 21.1 Å². The van der Waals surface area contributed by atoms with Gasteiger partial charge in [0.25, 0.3) is 0 Å². The van der Waals surface area contributed by atoms with Crippen LogP contribution in [0.5, 0.6) is 11.5 Å². The molecule has 146 valence electrons. The number of halogens is 1. The summed E-state index contributed by atoms with van der Waals surface area (Å²) in [5, 5.41) is 3.08. The largest absolute Gasteiger partial charge is 0.497 e. The zero-order valence-electron chi connectivity index (χ0n) is 15.4. The van der Waals surface area contributed by atoms with E-state index in [1.54, 1.807) is 36.4 Å². The predicted octanol–water partition coefficient (Wildman–Crippen LogP) is 3.15. The first-order chi connectivity index (χ1) is 12.7. The number of amides is 1. The van der Waals surface area contributed by atoms with Crippen LogP contribution in [-0.2, 0) is 14.8 Å². The molecule has 0 aliphatic heterocycles. The average Bonchev–Trinajstić information content (AvgIpc) is 2.61. The van der Waals surface area contributed by atoms with Crippen molar-refractivity contribution in [3.05, 3.63) is 47.5 Å². The van der Waals surface area contributed by atoms with Crippen molar-refractivity contribution in [3.8, 4) is 11.5 Å². The summed E-state index contributed by atoms with van der Waals surface area (Å²) in [6.07, 6.45) is 1.04.